The summed E-state index contributed by atoms with van der Waals surface area (Å²) >= 11 is 5.86. The molecule has 3 rings (SSSR count). The molecular formula is C10H10ClN9. The molecule has 0 bridgehead atoms. The number of anilines is 1. The van der Waals surface area contributed by atoms with E-state index in [1.807, 2.05) is 12.3 Å². The summed E-state index contributed by atoms with van der Waals surface area (Å²) in [6.07, 6.45) is 6.48. The van der Waals surface area contributed by atoms with E-state index in [0.717, 1.165) is 0 Å². The van der Waals surface area contributed by atoms with Gasteiger partial charge in [-0.15, -0.1) is 0 Å². The average Bonchev–Trinajstić information content (AvgIpc) is 3.11. The smallest absolute Gasteiger partial charge is 0.258 e. The fourth-order valence-corrected chi connectivity index (χ4v) is 1.70. The third-order valence-corrected chi connectivity index (χ3v) is 2.57. The van der Waals surface area contributed by atoms with Gasteiger partial charge in [-0.2, -0.15) is 29.8 Å². The Bertz CT molecular complexity index is 664. The van der Waals surface area contributed by atoms with Crippen molar-refractivity contribution < 1.29 is 0 Å². The van der Waals surface area contributed by atoms with Gasteiger partial charge >= 0.3 is 0 Å². The quantitative estimate of drug-likeness (QED) is 0.727. The Hall–Kier alpha value is -2.55. The van der Waals surface area contributed by atoms with Gasteiger partial charge in [0.15, 0.2) is 0 Å². The first-order chi connectivity index (χ1) is 9.81. The van der Waals surface area contributed by atoms with Crippen molar-refractivity contribution in [1.82, 2.24) is 39.5 Å². The predicted octanol–water partition coefficient (Wildman–Crippen LogP) is 0.414. The van der Waals surface area contributed by atoms with E-state index in [-0.39, 0.29) is 5.28 Å². The topological polar surface area (TPSA) is 99.2 Å². The van der Waals surface area contributed by atoms with Crippen LogP contribution < -0.4 is 5.32 Å². The largest absolute Gasteiger partial charge is 0.352 e. The van der Waals surface area contributed by atoms with Crippen molar-refractivity contribution in [2.75, 3.05) is 11.9 Å². The highest BCUT2D eigenvalue weighted by Gasteiger charge is 2.07. The van der Waals surface area contributed by atoms with Crippen molar-refractivity contribution in [3.05, 3.63) is 36.4 Å². The lowest BCUT2D eigenvalue weighted by molar-refractivity contribution is 0.635. The standard InChI is InChI=1S/C10H10ClN9/c11-8-16-9(13-3-5-19-4-1-2-14-19)18-10(17-8)20-7-12-6-15-20/h1-2,4,6-7H,3,5H2,(H,13,16,17,18). The van der Waals surface area contributed by atoms with Gasteiger partial charge in [0.2, 0.25) is 11.2 Å². The maximum atomic E-state index is 5.86. The monoisotopic (exact) mass is 291 g/mol. The highest BCUT2D eigenvalue weighted by Crippen LogP contribution is 2.08. The summed E-state index contributed by atoms with van der Waals surface area (Å²) in [5, 5.41) is 11.2. The van der Waals surface area contributed by atoms with E-state index < -0.39 is 0 Å². The molecule has 3 aromatic rings. The van der Waals surface area contributed by atoms with Crippen LogP contribution in [0.2, 0.25) is 5.28 Å². The first-order valence-electron chi connectivity index (χ1n) is 5.79. The van der Waals surface area contributed by atoms with Gasteiger partial charge in [-0.05, 0) is 17.7 Å². The fraction of sp³-hybridized carbons (Fsp3) is 0.200. The molecule has 0 spiro atoms. The minimum atomic E-state index is 0.0899. The fourth-order valence-electron chi connectivity index (χ4n) is 1.55. The van der Waals surface area contributed by atoms with Crippen LogP contribution in [0.4, 0.5) is 5.95 Å². The lowest BCUT2D eigenvalue weighted by Crippen LogP contribution is -2.14. The molecule has 0 saturated carbocycles. The van der Waals surface area contributed by atoms with Crippen LogP contribution in [0, 0.1) is 0 Å². The van der Waals surface area contributed by atoms with Crippen molar-refractivity contribution >= 4 is 17.5 Å². The van der Waals surface area contributed by atoms with Crippen molar-refractivity contribution in [1.29, 1.82) is 0 Å². The molecule has 3 aromatic heterocycles. The summed E-state index contributed by atoms with van der Waals surface area (Å²) in [5.41, 5.74) is 0. The third-order valence-electron chi connectivity index (χ3n) is 2.40. The molecular weight excluding hydrogens is 282 g/mol. The summed E-state index contributed by atoms with van der Waals surface area (Å²) in [4.78, 5) is 16.0. The van der Waals surface area contributed by atoms with Crippen LogP contribution in [0.1, 0.15) is 0 Å². The van der Waals surface area contributed by atoms with Gasteiger partial charge in [0.1, 0.15) is 12.7 Å². The van der Waals surface area contributed by atoms with Crippen LogP contribution in [-0.4, -0.2) is 46.0 Å². The molecule has 3 heterocycles. The summed E-state index contributed by atoms with van der Waals surface area (Å²) < 4.78 is 3.21. The number of hydrogen-bond acceptors (Lipinski definition) is 7. The molecule has 0 unspecified atom stereocenters. The minimum Gasteiger partial charge on any atom is -0.352 e. The molecule has 0 aliphatic heterocycles. The van der Waals surface area contributed by atoms with Crippen molar-refractivity contribution in [3.8, 4) is 5.95 Å². The van der Waals surface area contributed by atoms with Gasteiger partial charge in [-0.25, -0.2) is 4.98 Å². The normalized spacial score (nSPS) is 10.7. The van der Waals surface area contributed by atoms with E-state index in [1.54, 1.807) is 10.9 Å². The van der Waals surface area contributed by atoms with E-state index in [9.17, 15) is 0 Å². The first kappa shape index (κ1) is 12.5. The second kappa shape index (κ2) is 5.61. The number of aromatic nitrogens is 8. The van der Waals surface area contributed by atoms with Crippen LogP contribution in [0.3, 0.4) is 0 Å². The molecule has 0 saturated heterocycles. The van der Waals surface area contributed by atoms with Crippen LogP contribution in [-0.2, 0) is 6.54 Å². The number of halogens is 1. The van der Waals surface area contributed by atoms with Gasteiger partial charge in [-0.3, -0.25) is 4.68 Å². The Kier molecular flexibility index (Phi) is 3.50. The van der Waals surface area contributed by atoms with Crippen molar-refractivity contribution in [2.45, 2.75) is 6.54 Å². The highest BCUT2D eigenvalue weighted by molar-refractivity contribution is 6.28. The number of nitrogens with one attached hydrogen (secondary N) is 1. The average molecular weight is 292 g/mol. The van der Waals surface area contributed by atoms with E-state index in [0.29, 0.717) is 25.0 Å². The van der Waals surface area contributed by atoms with E-state index in [1.165, 1.54) is 17.3 Å². The van der Waals surface area contributed by atoms with E-state index in [4.69, 9.17) is 11.6 Å². The number of rotatable bonds is 5. The molecule has 0 aliphatic carbocycles. The summed E-state index contributed by atoms with van der Waals surface area (Å²) in [6, 6.07) is 1.86. The Balaban J connectivity index is 1.70. The molecule has 1 N–H and O–H groups in total. The second-order valence-corrected chi connectivity index (χ2v) is 4.10. The number of hydrogen-bond donors (Lipinski definition) is 1. The molecule has 0 aliphatic rings. The lowest BCUT2D eigenvalue weighted by atomic mass is 10.6. The highest BCUT2D eigenvalue weighted by atomic mass is 35.5. The lowest BCUT2D eigenvalue weighted by Gasteiger charge is -2.06. The Morgan fingerprint density at radius 3 is 2.90 bits per heavy atom. The van der Waals surface area contributed by atoms with Crippen molar-refractivity contribution in [3.63, 3.8) is 0 Å². The summed E-state index contributed by atoms with van der Waals surface area (Å²) in [7, 11) is 0. The van der Waals surface area contributed by atoms with Gasteiger partial charge < -0.3 is 5.32 Å². The maximum absolute atomic E-state index is 5.86. The van der Waals surface area contributed by atoms with Gasteiger partial charge in [0, 0.05) is 18.9 Å². The molecule has 0 radical (unpaired) electrons. The SMILES string of the molecule is Clc1nc(NCCn2cccn2)nc(-n2cncn2)n1. The van der Waals surface area contributed by atoms with Crippen LogP contribution in [0.5, 0.6) is 0 Å². The molecule has 102 valence electrons. The molecule has 10 heteroatoms. The Morgan fingerprint density at radius 1 is 1.20 bits per heavy atom. The number of nitrogens with zero attached hydrogens (tertiary/aromatic N) is 8. The predicted molar refractivity (Wildman–Crippen MR) is 70.5 cm³/mol. The van der Waals surface area contributed by atoms with Crippen LogP contribution in [0.25, 0.3) is 5.95 Å². The van der Waals surface area contributed by atoms with Gasteiger partial charge in [0.05, 0.1) is 6.54 Å². The molecule has 0 fully saturated rings. The Morgan fingerprint density at radius 2 is 2.15 bits per heavy atom. The van der Waals surface area contributed by atoms with Crippen LogP contribution in [0.15, 0.2) is 31.1 Å². The van der Waals surface area contributed by atoms with Gasteiger partial charge in [-0.1, -0.05) is 0 Å². The zero-order valence-corrected chi connectivity index (χ0v) is 11.0. The zero-order valence-electron chi connectivity index (χ0n) is 10.3. The third kappa shape index (κ3) is 2.88. The summed E-state index contributed by atoms with van der Waals surface area (Å²) in [5.74, 6) is 0.687. The Labute approximate surface area is 118 Å². The van der Waals surface area contributed by atoms with Crippen molar-refractivity contribution in [2.24, 2.45) is 0 Å². The molecule has 9 nitrogen and oxygen atoms in total. The zero-order chi connectivity index (χ0) is 13.8. The molecule has 0 amide bonds. The molecule has 20 heavy (non-hydrogen) atoms. The molecule has 0 aromatic carbocycles. The second-order valence-electron chi connectivity index (χ2n) is 3.76. The summed E-state index contributed by atoms with van der Waals surface area (Å²) in [6.45, 7) is 1.30. The van der Waals surface area contributed by atoms with Gasteiger partial charge in [0.25, 0.3) is 5.95 Å². The van der Waals surface area contributed by atoms with E-state index in [2.05, 4.69) is 35.5 Å². The van der Waals surface area contributed by atoms with Crippen LogP contribution >= 0.6 is 11.6 Å². The minimum absolute atomic E-state index is 0.0899. The first-order valence-corrected chi connectivity index (χ1v) is 6.17. The maximum Gasteiger partial charge on any atom is 0.258 e. The van der Waals surface area contributed by atoms with E-state index >= 15 is 0 Å². The molecule has 0 atom stereocenters.